The molecule has 2 unspecified atom stereocenters. The Hall–Kier alpha value is -0.700. The highest BCUT2D eigenvalue weighted by molar-refractivity contribution is 7.09. The third-order valence-electron chi connectivity index (χ3n) is 3.65. The van der Waals surface area contributed by atoms with E-state index in [2.05, 4.69) is 11.9 Å². The molecule has 0 spiro atoms. The predicted octanol–water partition coefficient (Wildman–Crippen LogP) is 3.47. The molecule has 2 nitrogen and oxygen atoms in total. The average Bonchev–Trinajstić information content (AvgIpc) is 2.82. The van der Waals surface area contributed by atoms with Gasteiger partial charge in [0.15, 0.2) is 0 Å². The lowest BCUT2D eigenvalue weighted by Gasteiger charge is -2.27. The van der Waals surface area contributed by atoms with Crippen LogP contribution in [0.4, 0.5) is 0 Å². The van der Waals surface area contributed by atoms with Crippen LogP contribution in [-0.4, -0.2) is 10.8 Å². The number of thiazole rings is 1. The monoisotopic (exact) mass is 237 g/mol. The summed E-state index contributed by atoms with van der Waals surface area (Å²) in [6.45, 7) is 2.24. The first kappa shape index (κ1) is 11.8. The summed E-state index contributed by atoms with van der Waals surface area (Å²) in [5.41, 5.74) is 1.80. The second-order valence-electron chi connectivity index (χ2n) is 4.75. The summed E-state index contributed by atoms with van der Waals surface area (Å²) in [5, 5.41) is 0. The zero-order chi connectivity index (χ0) is 11.4. The van der Waals surface area contributed by atoms with Crippen molar-refractivity contribution in [1.82, 2.24) is 4.98 Å². The molecule has 1 fully saturated rings. The van der Waals surface area contributed by atoms with Gasteiger partial charge in [-0.25, -0.2) is 0 Å². The molecular weight excluding hydrogens is 218 g/mol. The lowest BCUT2D eigenvalue weighted by molar-refractivity contribution is -0.123. The minimum absolute atomic E-state index is 0.320. The maximum atomic E-state index is 12.1. The Balaban J connectivity index is 1.89. The summed E-state index contributed by atoms with van der Waals surface area (Å²) in [6.07, 6.45) is 8.43. The molecule has 16 heavy (non-hydrogen) atoms. The molecule has 3 heteroatoms. The normalized spacial score (nSPS) is 25.6. The van der Waals surface area contributed by atoms with Crippen molar-refractivity contribution in [2.45, 2.75) is 45.4 Å². The topological polar surface area (TPSA) is 30.0 Å². The van der Waals surface area contributed by atoms with Crippen LogP contribution in [0.15, 0.2) is 11.7 Å². The van der Waals surface area contributed by atoms with Crippen LogP contribution in [-0.2, 0) is 11.2 Å². The Kier molecular flexibility index (Phi) is 4.10. The summed E-state index contributed by atoms with van der Waals surface area (Å²) in [4.78, 5) is 17.2. The van der Waals surface area contributed by atoms with E-state index in [1.807, 2.05) is 6.20 Å². The van der Waals surface area contributed by atoms with Crippen LogP contribution in [0.25, 0.3) is 0 Å². The molecule has 0 amide bonds. The Labute approximate surface area is 101 Å². The summed E-state index contributed by atoms with van der Waals surface area (Å²) in [5.74, 6) is 1.53. The summed E-state index contributed by atoms with van der Waals surface area (Å²) < 4.78 is 0. The lowest BCUT2D eigenvalue weighted by Crippen LogP contribution is -2.23. The van der Waals surface area contributed by atoms with Gasteiger partial charge in [-0.15, -0.1) is 11.3 Å². The van der Waals surface area contributed by atoms with Gasteiger partial charge in [0.25, 0.3) is 0 Å². The number of hydrogen-bond donors (Lipinski definition) is 0. The number of Topliss-reactive ketones (excluding diaryl/α,β-unsaturated/α-hetero) is 1. The van der Waals surface area contributed by atoms with Gasteiger partial charge < -0.3 is 0 Å². The minimum atomic E-state index is 0.320. The van der Waals surface area contributed by atoms with Gasteiger partial charge >= 0.3 is 0 Å². The zero-order valence-corrected chi connectivity index (χ0v) is 10.6. The highest BCUT2D eigenvalue weighted by Crippen LogP contribution is 2.32. The van der Waals surface area contributed by atoms with Crippen molar-refractivity contribution < 1.29 is 4.79 Å². The molecule has 0 aromatic carbocycles. The van der Waals surface area contributed by atoms with E-state index in [1.165, 1.54) is 19.3 Å². The molecule has 1 aromatic heterocycles. The number of carbonyl (C=O) groups excluding carboxylic acids is 1. The third kappa shape index (κ3) is 2.91. The van der Waals surface area contributed by atoms with Crippen molar-refractivity contribution in [3.05, 3.63) is 16.6 Å². The smallest absolute Gasteiger partial charge is 0.141 e. The predicted molar refractivity (Wildman–Crippen MR) is 66.6 cm³/mol. The van der Waals surface area contributed by atoms with Crippen molar-refractivity contribution in [1.29, 1.82) is 0 Å². The number of hydrogen-bond acceptors (Lipinski definition) is 3. The van der Waals surface area contributed by atoms with Crippen LogP contribution in [0.3, 0.4) is 0 Å². The van der Waals surface area contributed by atoms with E-state index in [9.17, 15) is 4.79 Å². The molecule has 1 heterocycles. The zero-order valence-electron chi connectivity index (χ0n) is 9.82. The van der Waals surface area contributed by atoms with Crippen molar-refractivity contribution in [3.63, 3.8) is 0 Å². The molecule has 1 aromatic rings. The Morgan fingerprint density at radius 3 is 3.12 bits per heavy atom. The molecule has 2 atom stereocenters. The van der Waals surface area contributed by atoms with Gasteiger partial charge in [0, 0.05) is 23.4 Å². The fourth-order valence-electron chi connectivity index (χ4n) is 2.60. The van der Waals surface area contributed by atoms with Gasteiger partial charge in [0.1, 0.15) is 5.78 Å². The average molecular weight is 237 g/mol. The van der Waals surface area contributed by atoms with Crippen LogP contribution in [0.2, 0.25) is 0 Å². The molecule has 2 rings (SSSR count). The molecule has 0 saturated heterocycles. The highest BCUT2D eigenvalue weighted by atomic mass is 32.1. The van der Waals surface area contributed by atoms with Crippen LogP contribution in [0.5, 0.6) is 0 Å². The molecule has 0 bridgehead atoms. The largest absolute Gasteiger partial charge is 0.299 e. The van der Waals surface area contributed by atoms with Gasteiger partial charge in [-0.05, 0) is 18.8 Å². The number of carbonyl (C=O) groups is 1. The molecule has 0 aliphatic heterocycles. The third-order valence-corrected chi connectivity index (χ3v) is 4.43. The van der Waals surface area contributed by atoms with Crippen molar-refractivity contribution >= 4 is 17.1 Å². The standard InChI is InChI=1S/C13H19NOS/c1-2-10-4-3-5-11(6-10)13(15)7-12-8-14-9-16-12/h8-11H,2-7H2,1H3. The summed E-state index contributed by atoms with van der Waals surface area (Å²) in [7, 11) is 0. The quantitative estimate of drug-likeness (QED) is 0.802. The molecule has 0 radical (unpaired) electrons. The van der Waals surface area contributed by atoms with Crippen LogP contribution in [0, 0.1) is 11.8 Å². The van der Waals surface area contributed by atoms with Gasteiger partial charge in [-0.2, -0.15) is 0 Å². The Bertz CT molecular complexity index is 334. The number of rotatable bonds is 4. The maximum absolute atomic E-state index is 12.1. The molecule has 1 aliphatic carbocycles. The van der Waals surface area contributed by atoms with E-state index in [1.54, 1.807) is 16.8 Å². The van der Waals surface area contributed by atoms with Crippen LogP contribution < -0.4 is 0 Å². The van der Waals surface area contributed by atoms with E-state index < -0.39 is 0 Å². The van der Waals surface area contributed by atoms with E-state index in [0.29, 0.717) is 18.1 Å². The van der Waals surface area contributed by atoms with E-state index in [-0.39, 0.29) is 0 Å². The second-order valence-corrected chi connectivity index (χ2v) is 5.72. The van der Waals surface area contributed by atoms with Gasteiger partial charge in [-0.1, -0.05) is 26.2 Å². The number of ketones is 1. The van der Waals surface area contributed by atoms with Gasteiger partial charge in [0.2, 0.25) is 0 Å². The van der Waals surface area contributed by atoms with Gasteiger partial charge in [0.05, 0.1) is 5.51 Å². The molecule has 0 N–H and O–H groups in total. The Morgan fingerprint density at radius 2 is 2.44 bits per heavy atom. The fraction of sp³-hybridized carbons (Fsp3) is 0.692. The van der Waals surface area contributed by atoms with Crippen molar-refractivity contribution in [2.75, 3.05) is 0 Å². The SMILES string of the molecule is CCC1CCCC(C(=O)Cc2cncs2)C1. The second kappa shape index (κ2) is 5.58. The molecule has 88 valence electrons. The van der Waals surface area contributed by atoms with E-state index >= 15 is 0 Å². The number of aromatic nitrogens is 1. The molecular formula is C13H19NOS. The first-order valence-electron chi connectivity index (χ1n) is 6.19. The van der Waals surface area contributed by atoms with E-state index in [0.717, 1.165) is 23.6 Å². The number of nitrogens with zero attached hydrogens (tertiary/aromatic N) is 1. The first-order valence-corrected chi connectivity index (χ1v) is 7.07. The lowest BCUT2D eigenvalue weighted by atomic mass is 9.78. The van der Waals surface area contributed by atoms with Gasteiger partial charge in [-0.3, -0.25) is 9.78 Å². The highest BCUT2D eigenvalue weighted by Gasteiger charge is 2.26. The molecule has 1 saturated carbocycles. The van der Waals surface area contributed by atoms with Crippen LogP contribution >= 0.6 is 11.3 Å². The first-order chi connectivity index (χ1) is 7.79. The van der Waals surface area contributed by atoms with E-state index in [4.69, 9.17) is 0 Å². The van der Waals surface area contributed by atoms with Crippen molar-refractivity contribution in [3.8, 4) is 0 Å². The van der Waals surface area contributed by atoms with Crippen LogP contribution in [0.1, 0.15) is 43.9 Å². The van der Waals surface area contributed by atoms with Crippen molar-refractivity contribution in [2.24, 2.45) is 11.8 Å². The minimum Gasteiger partial charge on any atom is -0.299 e. The fourth-order valence-corrected chi connectivity index (χ4v) is 3.20. The Morgan fingerprint density at radius 1 is 1.56 bits per heavy atom. The molecule has 1 aliphatic rings. The summed E-state index contributed by atoms with van der Waals surface area (Å²) >= 11 is 1.59. The summed E-state index contributed by atoms with van der Waals surface area (Å²) in [6, 6.07) is 0. The maximum Gasteiger partial charge on any atom is 0.141 e.